The number of methoxy groups -OCH3 is 3. The molecule has 0 saturated carbocycles. The lowest BCUT2D eigenvalue weighted by Gasteiger charge is -2.14. The SMILES string of the molecule is COc1cc(COc2nccc(C(C#N)c3nc4ccccc4s3)n2)cc(OC)c1OC. The van der Waals surface area contributed by atoms with Crippen molar-refractivity contribution in [3.8, 4) is 29.3 Å². The smallest absolute Gasteiger partial charge is 0.316 e. The maximum Gasteiger partial charge on any atom is 0.316 e. The second kappa shape index (κ2) is 9.49. The third-order valence-electron chi connectivity index (χ3n) is 4.73. The lowest BCUT2D eigenvalue weighted by molar-refractivity contribution is 0.276. The molecule has 4 aromatic rings. The topological polar surface area (TPSA) is 99.4 Å². The maximum absolute atomic E-state index is 9.80. The summed E-state index contributed by atoms with van der Waals surface area (Å²) in [6.07, 6.45) is 1.57. The van der Waals surface area contributed by atoms with Gasteiger partial charge in [0, 0.05) is 6.20 Å². The van der Waals surface area contributed by atoms with Crippen molar-refractivity contribution < 1.29 is 18.9 Å². The number of thiazole rings is 1. The predicted molar refractivity (Wildman–Crippen MR) is 120 cm³/mol. The minimum atomic E-state index is -0.612. The summed E-state index contributed by atoms with van der Waals surface area (Å²) < 4.78 is 22.9. The monoisotopic (exact) mass is 448 g/mol. The Kier molecular flexibility index (Phi) is 6.33. The van der Waals surface area contributed by atoms with Crippen molar-refractivity contribution >= 4 is 21.6 Å². The molecule has 0 aliphatic carbocycles. The van der Waals surface area contributed by atoms with Gasteiger partial charge in [-0.1, -0.05) is 12.1 Å². The van der Waals surface area contributed by atoms with E-state index in [4.69, 9.17) is 18.9 Å². The summed E-state index contributed by atoms with van der Waals surface area (Å²) in [7, 11) is 4.66. The number of benzene rings is 2. The lowest BCUT2D eigenvalue weighted by atomic mass is 10.1. The average Bonchev–Trinajstić information content (AvgIpc) is 3.26. The molecule has 0 N–H and O–H groups in total. The van der Waals surface area contributed by atoms with E-state index in [9.17, 15) is 5.26 Å². The van der Waals surface area contributed by atoms with E-state index in [-0.39, 0.29) is 12.6 Å². The molecular formula is C23H20N4O4S. The van der Waals surface area contributed by atoms with Gasteiger partial charge in [-0.2, -0.15) is 10.2 Å². The Balaban J connectivity index is 1.56. The van der Waals surface area contributed by atoms with Crippen LogP contribution in [0.15, 0.2) is 48.7 Å². The van der Waals surface area contributed by atoms with Crippen LogP contribution < -0.4 is 18.9 Å². The zero-order chi connectivity index (χ0) is 22.5. The van der Waals surface area contributed by atoms with Gasteiger partial charge in [-0.05, 0) is 35.9 Å². The summed E-state index contributed by atoms with van der Waals surface area (Å²) in [4.78, 5) is 13.2. The minimum absolute atomic E-state index is 0.164. The number of nitrogens with zero attached hydrogens (tertiary/aromatic N) is 4. The number of nitriles is 1. The lowest BCUT2D eigenvalue weighted by Crippen LogP contribution is -2.05. The Hall–Kier alpha value is -3.90. The van der Waals surface area contributed by atoms with Crippen molar-refractivity contribution in [2.24, 2.45) is 0 Å². The molecule has 1 unspecified atom stereocenters. The van der Waals surface area contributed by atoms with E-state index in [1.807, 2.05) is 24.3 Å². The fourth-order valence-corrected chi connectivity index (χ4v) is 4.24. The molecule has 0 bridgehead atoms. The summed E-state index contributed by atoms with van der Waals surface area (Å²) in [6.45, 7) is 0.179. The van der Waals surface area contributed by atoms with Gasteiger partial charge in [0.1, 0.15) is 17.5 Å². The molecule has 0 saturated heterocycles. The van der Waals surface area contributed by atoms with Crippen LogP contribution in [0.2, 0.25) is 0 Å². The molecule has 162 valence electrons. The quantitative estimate of drug-likeness (QED) is 0.392. The van der Waals surface area contributed by atoms with Crippen LogP contribution in [0.1, 0.15) is 22.2 Å². The largest absolute Gasteiger partial charge is 0.493 e. The van der Waals surface area contributed by atoms with Crippen LogP contribution in [0.25, 0.3) is 10.2 Å². The molecule has 0 fully saturated rings. The second-order valence-corrected chi connectivity index (χ2v) is 7.73. The molecule has 2 aromatic carbocycles. The highest BCUT2D eigenvalue weighted by molar-refractivity contribution is 7.18. The third kappa shape index (κ3) is 4.26. The van der Waals surface area contributed by atoms with Crippen LogP contribution in [0, 0.1) is 11.3 Å². The molecular weight excluding hydrogens is 428 g/mol. The van der Waals surface area contributed by atoms with Gasteiger partial charge in [0.05, 0.1) is 43.3 Å². The van der Waals surface area contributed by atoms with Crippen LogP contribution >= 0.6 is 11.3 Å². The van der Waals surface area contributed by atoms with Crippen LogP contribution in [0.3, 0.4) is 0 Å². The number of para-hydroxylation sites is 1. The highest BCUT2D eigenvalue weighted by atomic mass is 32.1. The molecule has 4 rings (SSSR count). The molecule has 0 aliphatic rings. The van der Waals surface area contributed by atoms with Gasteiger partial charge >= 0.3 is 6.01 Å². The molecule has 0 radical (unpaired) electrons. The van der Waals surface area contributed by atoms with Crippen molar-refractivity contribution in [3.05, 3.63) is 64.9 Å². The molecule has 0 spiro atoms. The Morgan fingerprint density at radius 3 is 2.41 bits per heavy atom. The summed E-state index contributed by atoms with van der Waals surface area (Å²) in [5, 5.41) is 10.5. The van der Waals surface area contributed by atoms with Gasteiger partial charge in [0.15, 0.2) is 11.5 Å². The van der Waals surface area contributed by atoms with Gasteiger partial charge in [0.2, 0.25) is 5.75 Å². The Bertz CT molecular complexity index is 1230. The molecule has 9 heteroatoms. The number of fused-ring (bicyclic) bond motifs is 1. The summed E-state index contributed by atoms with van der Waals surface area (Å²) in [6, 6.07) is 15.5. The normalized spacial score (nSPS) is 11.6. The zero-order valence-corrected chi connectivity index (χ0v) is 18.5. The average molecular weight is 449 g/mol. The van der Waals surface area contributed by atoms with Crippen LogP contribution in [0.4, 0.5) is 0 Å². The first-order valence-electron chi connectivity index (χ1n) is 9.66. The summed E-state index contributed by atoms with van der Waals surface area (Å²) in [5.41, 5.74) is 2.18. The summed E-state index contributed by atoms with van der Waals surface area (Å²) >= 11 is 1.48. The van der Waals surface area contributed by atoms with Crippen LogP contribution in [-0.4, -0.2) is 36.3 Å². The first-order valence-corrected chi connectivity index (χ1v) is 10.5. The van der Waals surface area contributed by atoms with Gasteiger partial charge < -0.3 is 18.9 Å². The van der Waals surface area contributed by atoms with E-state index in [2.05, 4.69) is 21.0 Å². The van der Waals surface area contributed by atoms with E-state index in [1.54, 1.807) is 45.7 Å². The van der Waals surface area contributed by atoms with Crippen molar-refractivity contribution in [2.75, 3.05) is 21.3 Å². The minimum Gasteiger partial charge on any atom is -0.493 e. The Labute approximate surface area is 189 Å². The number of hydrogen-bond acceptors (Lipinski definition) is 9. The fraction of sp³-hybridized carbons (Fsp3) is 0.217. The molecule has 32 heavy (non-hydrogen) atoms. The van der Waals surface area contributed by atoms with E-state index in [0.717, 1.165) is 15.8 Å². The van der Waals surface area contributed by atoms with Crippen molar-refractivity contribution in [1.82, 2.24) is 15.0 Å². The molecule has 2 aromatic heterocycles. The number of hydrogen-bond donors (Lipinski definition) is 0. The number of rotatable bonds is 8. The predicted octanol–water partition coefficient (Wildman–Crippen LogP) is 4.35. The molecule has 1 atom stereocenters. The Morgan fingerprint density at radius 2 is 1.75 bits per heavy atom. The van der Waals surface area contributed by atoms with Crippen molar-refractivity contribution in [2.45, 2.75) is 12.5 Å². The van der Waals surface area contributed by atoms with Crippen molar-refractivity contribution in [3.63, 3.8) is 0 Å². The van der Waals surface area contributed by atoms with Gasteiger partial charge in [0.25, 0.3) is 0 Å². The van der Waals surface area contributed by atoms with Gasteiger partial charge in [-0.15, -0.1) is 11.3 Å². The second-order valence-electron chi connectivity index (χ2n) is 6.67. The number of ether oxygens (including phenoxy) is 4. The zero-order valence-electron chi connectivity index (χ0n) is 17.7. The first kappa shape index (κ1) is 21.3. The first-order chi connectivity index (χ1) is 15.7. The molecule has 0 aliphatic heterocycles. The molecule has 0 amide bonds. The molecule has 8 nitrogen and oxygen atoms in total. The van der Waals surface area contributed by atoms with Crippen LogP contribution in [-0.2, 0) is 6.61 Å². The van der Waals surface area contributed by atoms with E-state index < -0.39 is 5.92 Å². The standard InChI is InChI=1S/C23H20N4O4S/c1-28-18-10-14(11-19(29-2)21(18)30-3)13-31-23-25-9-8-16(27-23)15(12-24)22-26-17-6-4-5-7-20(17)32-22/h4-11,15H,13H2,1-3H3. The van der Waals surface area contributed by atoms with Crippen LogP contribution in [0.5, 0.6) is 23.3 Å². The van der Waals surface area contributed by atoms with E-state index >= 15 is 0 Å². The van der Waals surface area contributed by atoms with E-state index in [1.165, 1.54) is 11.3 Å². The molecule has 2 heterocycles. The summed E-state index contributed by atoms with van der Waals surface area (Å²) in [5.74, 6) is 0.949. The van der Waals surface area contributed by atoms with Gasteiger partial charge in [-0.3, -0.25) is 0 Å². The third-order valence-corrected chi connectivity index (χ3v) is 5.83. The maximum atomic E-state index is 9.80. The highest BCUT2D eigenvalue weighted by Crippen LogP contribution is 2.38. The Morgan fingerprint density at radius 1 is 1.00 bits per heavy atom. The van der Waals surface area contributed by atoms with Crippen molar-refractivity contribution in [1.29, 1.82) is 5.26 Å². The number of aromatic nitrogens is 3. The van der Waals surface area contributed by atoms with Gasteiger partial charge in [-0.25, -0.2) is 9.97 Å². The fourth-order valence-electron chi connectivity index (χ4n) is 3.21. The van der Waals surface area contributed by atoms with E-state index in [0.29, 0.717) is 28.0 Å². The highest BCUT2D eigenvalue weighted by Gasteiger charge is 2.21.